The minimum absolute atomic E-state index is 0.379. The van der Waals surface area contributed by atoms with Gasteiger partial charge in [0.15, 0.2) is 0 Å². The molecule has 1 atom stereocenters. The fourth-order valence-electron chi connectivity index (χ4n) is 2.07. The lowest BCUT2D eigenvalue weighted by Gasteiger charge is -2.22. The quantitative estimate of drug-likeness (QED) is 0.831. The number of likely N-dealkylation sites (tertiary alicyclic amines) is 1. The van der Waals surface area contributed by atoms with Gasteiger partial charge in [0.1, 0.15) is 6.04 Å². The number of amides is 2. The summed E-state index contributed by atoms with van der Waals surface area (Å²) in [6.45, 7) is 2.26. The van der Waals surface area contributed by atoms with Gasteiger partial charge in [-0.25, -0.2) is 9.59 Å². The van der Waals surface area contributed by atoms with Gasteiger partial charge in [-0.1, -0.05) is 0 Å². The Labute approximate surface area is 105 Å². The fourth-order valence-corrected chi connectivity index (χ4v) is 2.07. The summed E-state index contributed by atoms with van der Waals surface area (Å²) in [5.74, 6) is -0.953. The first-order valence-corrected chi connectivity index (χ1v) is 5.81. The van der Waals surface area contributed by atoms with Crippen LogP contribution in [0, 0.1) is 6.92 Å². The number of aryl methyl sites for hydroxylation is 1. The molecule has 0 aliphatic carbocycles. The second-order valence-corrected chi connectivity index (χ2v) is 4.26. The number of carbonyl (C=O) groups is 2. The molecule has 2 rings (SSSR count). The SMILES string of the molecule is Cc1ncccc1NC(=O)N1CCCC1C(=O)O. The topological polar surface area (TPSA) is 82.5 Å². The first kappa shape index (κ1) is 12.3. The van der Waals surface area contributed by atoms with Gasteiger partial charge < -0.3 is 15.3 Å². The molecule has 6 nitrogen and oxygen atoms in total. The first-order chi connectivity index (χ1) is 8.59. The molecule has 0 spiro atoms. The Bertz CT molecular complexity index is 475. The normalized spacial score (nSPS) is 18.7. The molecule has 0 aromatic carbocycles. The van der Waals surface area contributed by atoms with E-state index in [1.165, 1.54) is 4.90 Å². The predicted octanol–water partition coefficient (Wildman–Crippen LogP) is 1.47. The number of anilines is 1. The summed E-state index contributed by atoms with van der Waals surface area (Å²) in [4.78, 5) is 28.4. The highest BCUT2D eigenvalue weighted by Crippen LogP contribution is 2.19. The monoisotopic (exact) mass is 249 g/mol. The maximum absolute atomic E-state index is 12.0. The van der Waals surface area contributed by atoms with E-state index in [-0.39, 0.29) is 6.03 Å². The van der Waals surface area contributed by atoms with Crippen molar-refractivity contribution in [2.75, 3.05) is 11.9 Å². The second-order valence-electron chi connectivity index (χ2n) is 4.26. The van der Waals surface area contributed by atoms with E-state index in [2.05, 4.69) is 10.3 Å². The van der Waals surface area contributed by atoms with E-state index in [1.807, 2.05) is 0 Å². The van der Waals surface area contributed by atoms with Crippen LogP contribution >= 0.6 is 0 Å². The molecule has 1 saturated heterocycles. The van der Waals surface area contributed by atoms with Crippen LogP contribution in [0.15, 0.2) is 18.3 Å². The van der Waals surface area contributed by atoms with Crippen LogP contribution in [0.2, 0.25) is 0 Å². The highest BCUT2D eigenvalue weighted by molar-refractivity contribution is 5.93. The smallest absolute Gasteiger partial charge is 0.326 e. The summed E-state index contributed by atoms with van der Waals surface area (Å²) in [5, 5.41) is 11.7. The zero-order valence-electron chi connectivity index (χ0n) is 10.1. The standard InChI is InChI=1S/C12H15N3O3/c1-8-9(4-2-6-13-8)14-12(18)15-7-3-5-10(15)11(16)17/h2,4,6,10H,3,5,7H2,1H3,(H,14,18)(H,16,17). The van der Waals surface area contributed by atoms with Gasteiger partial charge in [-0.3, -0.25) is 4.98 Å². The van der Waals surface area contributed by atoms with E-state index in [0.29, 0.717) is 24.3 Å². The summed E-state index contributed by atoms with van der Waals surface area (Å²) in [6.07, 6.45) is 2.87. The van der Waals surface area contributed by atoms with Crippen molar-refractivity contribution in [3.05, 3.63) is 24.0 Å². The average Bonchev–Trinajstić information content (AvgIpc) is 2.81. The Hall–Kier alpha value is -2.11. The number of nitrogens with one attached hydrogen (secondary N) is 1. The van der Waals surface area contributed by atoms with Crippen molar-refractivity contribution < 1.29 is 14.7 Å². The molecule has 2 N–H and O–H groups in total. The lowest BCUT2D eigenvalue weighted by molar-refractivity contribution is -0.141. The number of urea groups is 1. The summed E-state index contributed by atoms with van der Waals surface area (Å²) in [5.41, 5.74) is 1.32. The van der Waals surface area contributed by atoms with Gasteiger partial charge in [-0.05, 0) is 31.9 Å². The summed E-state index contributed by atoms with van der Waals surface area (Å²) < 4.78 is 0. The maximum Gasteiger partial charge on any atom is 0.326 e. The molecule has 1 aliphatic rings. The third kappa shape index (κ3) is 2.42. The molecule has 1 aliphatic heterocycles. The van der Waals surface area contributed by atoms with Crippen LogP contribution < -0.4 is 5.32 Å². The zero-order chi connectivity index (χ0) is 13.1. The van der Waals surface area contributed by atoms with Crippen molar-refractivity contribution in [1.82, 2.24) is 9.88 Å². The van der Waals surface area contributed by atoms with E-state index >= 15 is 0 Å². The third-order valence-corrected chi connectivity index (χ3v) is 3.05. The van der Waals surface area contributed by atoms with Crippen molar-refractivity contribution in [1.29, 1.82) is 0 Å². The van der Waals surface area contributed by atoms with Crippen molar-refractivity contribution in [2.24, 2.45) is 0 Å². The van der Waals surface area contributed by atoms with E-state index < -0.39 is 12.0 Å². The number of pyridine rings is 1. The predicted molar refractivity (Wildman–Crippen MR) is 65.4 cm³/mol. The zero-order valence-corrected chi connectivity index (χ0v) is 10.1. The van der Waals surface area contributed by atoms with Crippen LogP contribution in [-0.4, -0.2) is 39.6 Å². The molecule has 0 saturated carbocycles. The Morgan fingerprint density at radius 2 is 2.33 bits per heavy atom. The van der Waals surface area contributed by atoms with E-state index in [1.54, 1.807) is 25.3 Å². The molecule has 2 heterocycles. The van der Waals surface area contributed by atoms with Gasteiger partial charge in [0.25, 0.3) is 0 Å². The van der Waals surface area contributed by atoms with Gasteiger partial charge in [-0.2, -0.15) is 0 Å². The van der Waals surface area contributed by atoms with E-state index in [9.17, 15) is 9.59 Å². The van der Waals surface area contributed by atoms with E-state index in [0.717, 1.165) is 6.42 Å². The van der Waals surface area contributed by atoms with Gasteiger partial charge in [-0.15, -0.1) is 0 Å². The molecule has 1 fully saturated rings. The summed E-state index contributed by atoms with van der Waals surface area (Å²) in [7, 11) is 0. The Balaban J connectivity index is 2.08. The van der Waals surface area contributed by atoms with Crippen LogP contribution in [0.5, 0.6) is 0 Å². The number of carbonyl (C=O) groups excluding carboxylic acids is 1. The van der Waals surface area contributed by atoms with Gasteiger partial charge >= 0.3 is 12.0 Å². The number of carboxylic acids is 1. The number of carboxylic acid groups (broad SMARTS) is 1. The largest absolute Gasteiger partial charge is 0.480 e. The number of aliphatic carboxylic acids is 1. The molecule has 0 bridgehead atoms. The Morgan fingerprint density at radius 1 is 1.56 bits per heavy atom. The van der Waals surface area contributed by atoms with Crippen molar-refractivity contribution in [2.45, 2.75) is 25.8 Å². The Morgan fingerprint density at radius 3 is 3.00 bits per heavy atom. The minimum atomic E-state index is -0.953. The van der Waals surface area contributed by atoms with Crippen LogP contribution in [0.1, 0.15) is 18.5 Å². The molecule has 1 aromatic heterocycles. The molecule has 96 valence electrons. The molecule has 18 heavy (non-hydrogen) atoms. The van der Waals surface area contributed by atoms with Crippen molar-refractivity contribution >= 4 is 17.7 Å². The maximum atomic E-state index is 12.0. The molecule has 6 heteroatoms. The van der Waals surface area contributed by atoms with E-state index in [4.69, 9.17) is 5.11 Å². The number of hydrogen-bond acceptors (Lipinski definition) is 3. The number of nitrogens with zero attached hydrogens (tertiary/aromatic N) is 2. The number of aromatic nitrogens is 1. The van der Waals surface area contributed by atoms with Gasteiger partial charge in [0.05, 0.1) is 11.4 Å². The number of rotatable bonds is 2. The van der Waals surface area contributed by atoms with Gasteiger partial charge in [0.2, 0.25) is 0 Å². The summed E-state index contributed by atoms with van der Waals surface area (Å²) in [6, 6.07) is 2.37. The van der Waals surface area contributed by atoms with Crippen molar-refractivity contribution in [3.63, 3.8) is 0 Å². The van der Waals surface area contributed by atoms with Crippen LogP contribution in [-0.2, 0) is 4.79 Å². The molecule has 0 radical (unpaired) electrons. The number of hydrogen-bond donors (Lipinski definition) is 2. The molecule has 1 unspecified atom stereocenters. The molecule has 1 aromatic rings. The lowest BCUT2D eigenvalue weighted by atomic mass is 10.2. The molecular weight excluding hydrogens is 234 g/mol. The Kier molecular flexibility index (Phi) is 3.45. The van der Waals surface area contributed by atoms with Gasteiger partial charge in [0, 0.05) is 12.7 Å². The van der Waals surface area contributed by atoms with Crippen molar-refractivity contribution in [3.8, 4) is 0 Å². The minimum Gasteiger partial charge on any atom is -0.480 e. The molecule has 2 amide bonds. The highest BCUT2D eigenvalue weighted by Gasteiger charge is 2.34. The van der Waals surface area contributed by atoms with Crippen LogP contribution in [0.3, 0.4) is 0 Å². The molecular formula is C12H15N3O3. The van der Waals surface area contributed by atoms with Crippen LogP contribution in [0.25, 0.3) is 0 Å². The lowest BCUT2D eigenvalue weighted by Crippen LogP contribution is -2.42. The average molecular weight is 249 g/mol. The fraction of sp³-hybridized carbons (Fsp3) is 0.417. The summed E-state index contributed by atoms with van der Waals surface area (Å²) >= 11 is 0. The second kappa shape index (κ2) is 5.03. The third-order valence-electron chi connectivity index (χ3n) is 3.05. The van der Waals surface area contributed by atoms with Crippen LogP contribution in [0.4, 0.5) is 10.5 Å². The first-order valence-electron chi connectivity index (χ1n) is 5.81. The highest BCUT2D eigenvalue weighted by atomic mass is 16.4.